The van der Waals surface area contributed by atoms with Gasteiger partial charge in [-0.3, -0.25) is 0 Å². The van der Waals surface area contributed by atoms with E-state index in [0.717, 1.165) is 24.7 Å². The van der Waals surface area contributed by atoms with Crippen molar-refractivity contribution in [2.75, 3.05) is 26.2 Å². The number of piperidine rings is 1. The molecule has 0 aromatic heterocycles. The van der Waals surface area contributed by atoms with Gasteiger partial charge >= 0.3 is 0 Å². The zero-order chi connectivity index (χ0) is 9.68. The van der Waals surface area contributed by atoms with Gasteiger partial charge in [-0.05, 0) is 37.6 Å². The minimum Gasteiger partial charge on any atom is -0.396 e. The zero-order valence-electron chi connectivity index (χ0n) is 9.00. The molecule has 0 aromatic rings. The van der Waals surface area contributed by atoms with Crippen LogP contribution in [-0.2, 0) is 0 Å². The first-order valence-electron chi connectivity index (χ1n) is 5.55. The molecule has 78 valence electrons. The van der Waals surface area contributed by atoms with Crippen molar-refractivity contribution >= 4 is 0 Å². The lowest BCUT2D eigenvalue weighted by Crippen LogP contribution is -2.39. The van der Waals surface area contributed by atoms with E-state index >= 15 is 0 Å². The summed E-state index contributed by atoms with van der Waals surface area (Å²) >= 11 is 0. The van der Waals surface area contributed by atoms with E-state index in [1.165, 1.54) is 26.1 Å². The number of likely N-dealkylation sites (tertiary alicyclic amines) is 1. The van der Waals surface area contributed by atoms with E-state index in [1.807, 2.05) is 0 Å². The summed E-state index contributed by atoms with van der Waals surface area (Å²) in [6, 6.07) is 0. The molecular weight excluding hydrogens is 162 g/mol. The van der Waals surface area contributed by atoms with E-state index in [1.54, 1.807) is 0 Å². The first-order chi connectivity index (χ1) is 6.22. The average Bonchev–Trinajstić information content (AvgIpc) is 2.03. The number of rotatable bonds is 4. The SMILES string of the molecule is C[C@@H]1C[C@H](C)CN(CCCCO)C1. The van der Waals surface area contributed by atoms with Gasteiger partial charge in [-0.2, -0.15) is 0 Å². The summed E-state index contributed by atoms with van der Waals surface area (Å²) < 4.78 is 0. The van der Waals surface area contributed by atoms with Crippen molar-refractivity contribution in [2.24, 2.45) is 11.8 Å². The maximum Gasteiger partial charge on any atom is 0.0431 e. The first-order valence-corrected chi connectivity index (χ1v) is 5.55. The molecule has 1 fully saturated rings. The second-order valence-corrected chi connectivity index (χ2v) is 4.64. The Morgan fingerprint density at radius 1 is 1.15 bits per heavy atom. The van der Waals surface area contributed by atoms with Crippen LogP contribution in [0, 0.1) is 11.8 Å². The van der Waals surface area contributed by atoms with E-state index in [-0.39, 0.29) is 0 Å². The lowest BCUT2D eigenvalue weighted by Gasteiger charge is -2.34. The molecule has 13 heavy (non-hydrogen) atoms. The fraction of sp³-hybridized carbons (Fsp3) is 1.00. The third-order valence-electron chi connectivity index (χ3n) is 2.83. The number of hydrogen-bond acceptors (Lipinski definition) is 2. The Morgan fingerprint density at radius 3 is 2.31 bits per heavy atom. The normalized spacial score (nSPS) is 30.7. The van der Waals surface area contributed by atoms with Crippen LogP contribution in [0.3, 0.4) is 0 Å². The van der Waals surface area contributed by atoms with Crippen LogP contribution < -0.4 is 0 Å². The van der Waals surface area contributed by atoms with Crippen LogP contribution in [0.4, 0.5) is 0 Å². The van der Waals surface area contributed by atoms with Gasteiger partial charge in [0.2, 0.25) is 0 Å². The van der Waals surface area contributed by atoms with E-state index < -0.39 is 0 Å². The van der Waals surface area contributed by atoms with Gasteiger partial charge in [0, 0.05) is 19.7 Å². The molecule has 1 N–H and O–H groups in total. The Morgan fingerprint density at radius 2 is 1.77 bits per heavy atom. The van der Waals surface area contributed by atoms with Gasteiger partial charge in [0.25, 0.3) is 0 Å². The van der Waals surface area contributed by atoms with Crippen molar-refractivity contribution < 1.29 is 5.11 Å². The molecule has 0 saturated carbocycles. The van der Waals surface area contributed by atoms with Crippen molar-refractivity contribution in [3.05, 3.63) is 0 Å². The van der Waals surface area contributed by atoms with Gasteiger partial charge < -0.3 is 10.0 Å². The van der Waals surface area contributed by atoms with E-state index in [4.69, 9.17) is 5.11 Å². The molecule has 2 nitrogen and oxygen atoms in total. The van der Waals surface area contributed by atoms with Gasteiger partial charge in [0.05, 0.1) is 0 Å². The largest absolute Gasteiger partial charge is 0.396 e. The molecule has 2 heteroatoms. The fourth-order valence-corrected chi connectivity index (χ4v) is 2.42. The summed E-state index contributed by atoms with van der Waals surface area (Å²) in [5.74, 6) is 1.72. The molecule has 1 aliphatic heterocycles. The standard InChI is InChI=1S/C11H23NO/c1-10-7-11(2)9-12(8-10)5-3-4-6-13/h10-11,13H,3-9H2,1-2H3/t10-,11+. The van der Waals surface area contributed by atoms with Crippen LogP contribution >= 0.6 is 0 Å². The minimum absolute atomic E-state index is 0.346. The fourth-order valence-electron chi connectivity index (χ4n) is 2.42. The summed E-state index contributed by atoms with van der Waals surface area (Å²) in [6.07, 6.45) is 3.49. The van der Waals surface area contributed by atoms with Gasteiger partial charge in [0.1, 0.15) is 0 Å². The molecule has 0 radical (unpaired) electrons. The van der Waals surface area contributed by atoms with Crippen LogP contribution in [0.5, 0.6) is 0 Å². The molecule has 0 unspecified atom stereocenters. The van der Waals surface area contributed by atoms with Gasteiger partial charge in [-0.25, -0.2) is 0 Å². The third kappa shape index (κ3) is 4.10. The predicted molar refractivity (Wildman–Crippen MR) is 55.7 cm³/mol. The number of aliphatic hydroxyl groups is 1. The van der Waals surface area contributed by atoms with E-state index in [9.17, 15) is 0 Å². The molecular formula is C11H23NO. The average molecular weight is 185 g/mol. The molecule has 0 aromatic carbocycles. The minimum atomic E-state index is 0.346. The summed E-state index contributed by atoms with van der Waals surface area (Å²) in [5, 5.41) is 8.68. The highest BCUT2D eigenvalue weighted by molar-refractivity contribution is 4.74. The first kappa shape index (κ1) is 11.0. The summed E-state index contributed by atoms with van der Waals surface area (Å²) in [6.45, 7) is 8.73. The smallest absolute Gasteiger partial charge is 0.0431 e. The number of aliphatic hydroxyl groups excluding tert-OH is 1. The zero-order valence-corrected chi connectivity index (χ0v) is 9.00. The van der Waals surface area contributed by atoms with E-state index in [2.05, 4.69) is 18.7 Å². The van der Waals surface area contributed by atoms with Crippen LogP contribution in [0.2, 0.25) is 0 Å². The lowest BCUT2D eigenvalue weighted by atomic mass is 9.92. The highest BCUT2D eigenvalue weighted by Gasteiger charge is 2.20. The van der Waals surface area contributed by atoms with Crippen LogP contribution in [0.25, 0.3) is 0 Å². The van der Waals surface area contributed by atoms with Crippen molar-refractivity contribution in [1.29, 1.82) is 0 Å². The van der Waals surface area contributed by atoms with Crippen molar-refractivity contribution in [2.45, 2.75) is 33.1 Å². The summed E-state index contributed by atoms with van der Waals surface area (Å²) in [7, 11) is 0. The maximum atomic E-state index is 8.68. The summed E-state index contributed by atoms with van der Waals surface area (Å²) in [4.78, 5) is 2.55. The van der Waals surface area contributed by atoms with Crippen molar-refractivity contribution in [3.8, 4) is 0 Å². The highest BCUT2D eigenvalue weighted by atomic mass is 16.2. The monoisotopic (exact) mass is 185 g/mol. The molecule has 1 heterocycles. The second kappa shape index (κ2) is 5.61. The number of nitrogens with zero attached hydrogens (tertiary/aromatic N) is 1. The second-order valence-electron chi connectivity index (χ2n) is 4.64. The molecule has 0 spiro atoms. The Balaban J connectivity index is 2.17. The van der Waals surface area contributed by atoms with Crippen molar-refractivity contribution in [3.63, 3.8) is 0 Å². The van der Waals surface area contributed by atoms with E-state index in [0.29, 0.717) is 6.61 Å². The Kier molecular flexibility index (Phi) is 4.74. The topological polar surface area (TPSA) is 23.5 Å². The molecule has 0 amide bonds. The van der Waals surface area contributed by atoms with Gasteiger partial charge in [-0.15, -0.1) is 0 Å². The van der Waals surface area contributed by atoms with Gasteiger partial charge in [-0.1, -0.05) is 13.8 Å². The Labute approximate surface area is 81.9 Å². The molecule has 1 rings (SSSR count). The van der Waals surface area contributed by atoms with Crippen LogP contribution in [-0.4, -0.2) is 36.2 Å². The maximum absolute atomic E-state index is 8.68. The summed E-state index contributed by atoms with van der Waals surface area (Å²) in [5.41, 5.74) is 0. The predicted octanol–water partition coefficient (Wildman–Crippen LogP) is 1.74. The quantitative estimate of drug-likeness (QED) is 0.674. The molecule has 1 saturated heterocycles. The van der Waals surface area contributed by atoms with Crippen LogP contribution in [0.15, 0.2) is 0 Å². The molecule has 2 atom stereocenters. The van der Waals surface area contributed by atoms with Gasteiger partial charge in [0.15, 0.2) is 0 Å². The molecule has 0 bridgehead atoms. The number of hydrogen-bond donors (Lipinski definition) is 1. The molecule has 1 aliphatic rings. The third-order valence-corrected chi connectivity index (χ3v) is 2.83. The highest BCUT2D eigenvalue weighted by Crippen LogP contribution is 2.20. The number of unbranched alkanes of at least 4 members (excludes halogenated alkanes) is 1. The van der Waals surface area contributed by atoms with Crippen molar-refractivity contribution in [1.82, 2.24) is 4.90 Å². The van der Waals surface area contributed by atoms with Crippen LogP contribution in [0.1, 0.15) is 33.1 Å². The Bertz CT molecular complexity index is 128. The Hall–Kier alpha value is -0.0800. The lowest BCUT2D eigenvalue weighted by molar-refractivity contribution is 0.136. The molecule has 0 aliphatic carbocycles.